The summed E-state index contributed by atoms with van der Waals surface area (Å²) in [6, 6.07) is 59.3. The molecule has 2 aliphatic heterocycles. The van der Waals surface area contributed by atoms with Gasteiger partial charge in [0.1, 0.15) is 0 Å². The Labute approximate surface area is 394 Å². The molecule has 0 radical (unpaired) electrons. The molecule has 3 aliphatic rings. The maximum absolute atomic E-state index is 2.71. The van der Waals surface area contributed by atoms with E-state index < -0.39 is 0 Å². The average molecular weight is 885 g/mol. The van der Waals surface area contributed by atoms with Gasteiger partial charge < -0.3 is 9.38 Å². The zero-order valence-corrected chi connectivity index (χ0v) is 40.4. The smallest absolute Gasteiger partial charge is 0.333 e. The zero-order chi connectivity index (χ0) is 44.8. The third-order valence-corrected chi connectivity index (χ3v) is 17.7. The van der Waals surface area contributed by atoms with Crippen molar-refractivity contribution in [2.75, 3.05) is 4.81 Å². The molecule has 3 aromatic heterocycles. The number of nitrogens with zero attached hydrogens (tertiary/aromatic N) is 2. The Hall–Kier alpha value is -6.40. The number of benzene rings is 8. The van der Waals surface area contributed by atoms with Crippen molar-refractivity contribution in [1.82, 2.24) is 4.57 Å². The summed E-state index contributed by atoms with van der Waals surface area (Å²) in [7, 11) is 0. The van der Waals surface area contributed by atoms with Crippen molar-refractivity contribution in [2.24, 2.45) is 0 Å². The summed E-state index contributed by atoms with van der Waals surface area (Å²) in [6.45, 7) is 18.7. The molecule has 0 unspecified atom stereocenters. The molecule has 0 spiro atoms. The zero-order valence-electron chi connectivity index (χ0n) is 38.7. The topological polar surface area (TPSA) is 8.17 Å². The number of hydrogen-bond acceptors (Lipinski definition) is 3. The Morgan fingerprint density at radius 1 is 0.500 bits per heavy atom. The summed E-state index contributed by atoms with van der Waals surface area (Å²) >= 11 is 3.85. The van der Waals surface area contributed by atoms with Gasteiger partial charge in [0.05, 0.1) is 11.0 Å². The van der Waals surface area contributed by atoms with Gasteiger partial charge in [-0.05, 0) is 126 Å². The van der Waals surface area contributed by atoms with Crippen molar-refractivity contribution in [2.45, 2.75) is 71.6 Å². The van der Waals surface area contributed by atoms with Crippen LogP contribution in [0.4, 0.5) is 11.4 Å². The molecule has 0 amide bonds. The molecule has 5 heteroatoms. The average Bonchev–Trinajstić information content (AvgIpc) is 4.04. The molecule has 2 nitrogen and oxygen atoms in total. The highest BCUT2D eigenvalue weighted by Gasteiger charge is 2.45. The molecule has 0 bridgehead atoms. The van der Waals surface area contributed by atoms with Crippen LogP contribution in [0.15, 0.2) is 152 Å². The van der Waals surface area contributed by atoms with Crippen LogP contribution in [0.3, 0.4) is 0 Å². The van der Waals surface area contributed by atoms with E-state index in [9.17, 15) is 0 Å². The number of thiophene rings is 2. The first-order valence-electron chi connectivity index (χ1n) is 23.5. The minimum absolute atomic E-state index is 0.0412. The molecule has 66 heavy (non-hydrogen) atoms. The summed E-state index contributed by atoms with van der Waals surface area (Å²) in [5.41, 5.74) is 21.3. The van der Waals surface area contributed by atoms with Gasteiger partial charge in [-0.25, -0.2) is 0 Å². The lowest BCUT2D eigenvalue weighted by Gasteiger charge is -2.42. The van der Waals surface area contributed by atoms with Crippen molar-refractivity contribution >= 4 is 104 Å². The van der Waals surface area contributed by atoms with E-state index in [-0.39, 0.29) is 23.1 Å². The second-order valence-electron chi connectivity index (χ2n) is 21.8. The van der Waals surface area contributed by atoms with E-state index in [0.717, 1.165) is 0 Å². The molecule has 0 atom stereocenters. The standard InChI is InChI=1S/C61H49BN2S2/c1-59(2,3)36-18-21-38(22-19-36)64-51-30-46-40-23-20-37(60(4,5)6)28-55(40)66-56(46)31-45(51)41-24-25-42-44-29-43-39-16-12-13-17-47(39)61(7,8)48(43)32-50(44)63-52-33-54-35(26-49(52)62(64)57(41)58(42)63)27-53(65-54)34-14-10-9-11-15-34/h9-33H,1-8H3. The number of anilines is 2. The van der Waals surface area contributed by atoms with Gasteiger partial charge in [0.15, 0.2) is 0 Å². The number of hydrogen-bond donors (Lipinski definition) is 0. The van der Waals surface area contributed by atoms with Gasteiger partial charge in [0.2, 0.25) is 0 Å². The SMILES string of the molecule is CC(C)(C)c1ccc(N2B3c4cc5cc(-c6ccccc6)sc5cc4-n4c5cc6c(cc5c5ccc(c3c54)-c3cc4sc5cc(C(C)(C)C)ccc5c4cc32)-c2ccccc2C6(C)C)cc1. The van der Waals surface area contributed by atoms with Crippen LogP contribution in [0.5, 0.6) is 0 Å². The molecule has 14 rings (SSSR count). The van der Waals surface area contributed by atoms with Gasteiger partial charge in [-0.1, -0.05) is 152 Å². The van der Waals surface area contributed by atoms with Crippen molar-refractivity contribution < 1.29 is 0 Å². The Kier molecular flexibility index (Phi) is 7.61. The first kappa shape index (κ1) is 38.8. The fourth-order valence-electron chi connectivity index (χ4n) is 12.0. The van der Waals surface area contributed by atoms with Crippen LogP contribution >= 0.6 is 22.7 Å². The van der Waals surface area contributed by atoms with Crippen LogP contribution in [0.1, 0.15) is 77.6 Å². The van der Waals surface area contributed by atoms with Gasteiger partial charge in [0.25, 0.3) is 0 Å². The predicted octanol–water partition coefficient (Wildman–Crippen LogP) is 16.2. The molecule has 0 N–H and O–H groups in total. The van der Waals surface area contributed by atoms with E-state index >= 15 is 0 Å². The Balaban J connectivity index is 1.12. The molecular formula is C61H49BN2S2. The maximum atomic E-state index is 2.71. The maximum Gasteiger partial charge on any atom is 0.333 e. The third-order valence-electron chi connectivity index (χ3n) is 15.5. The molecule has 8 aromatic carbocycles. The van der Waals surface area contributed by atoms with Gasteiger partial charge >= 0.3 is 6.85 Å². The highest BCUT2D eigenvalue weighted by Crippen LogP contribution is 2.53. The first-order chi connectivity index (χ1) is 31.7. The van der Waals surface area contributed by atoms with Crippen LogP contribution in [0.2, 0.25) is 0 Å². The normalized spacial score (nSPS) is 14.7. The van der Waals surface area contributed by atoms with E-state index in [2.05, 4.69) is 216 Å². The predicted molar refractivity (Wildman–Crippen MR) is 288 cm³/mol. The quantitative estimate of drug-likeness (QED) is 0.157. The van der Waals surface area contributed by atoms with Crippen molar-refractivity contribution in [3.8, 4) is 38.4 Å². The Morgan fingerprint density at radius 2 is 1.23 bits per heavy atom. The first-order valence-corrected chi connectivity index (χ1v) is 25.2. The van der Waals surface area contributed by atoms with Crippen LogP contribution in [0, 0.1) is 0 Å². The Bertz CT molecular complexity index is 3920. The number of fused-ring (bicyclic) bond motifs is 15. The van der Waals surface area contributed by atoms with E-state index in [4.69, 9.17) is 0 Å². The highest BCUT2D eigenvalue weighted by molar-refractivity contribution is 7.26. The summed E-state index contributed by atoms with van der Waals surface area (Å²) in [5, 5.41) is 6.61. The van der Waals surface area contributed by atoms with Gasteiger partial charge in [0, 0.05) is 68.6 Å². The number of rotatable bonds is 2. The van der Waals surface area contributed by atoms with Gasteiger partial charge in [-0.2, -0.15) is 0 Å². The minimum atomic E-state index is -0.114. The third kappa shape index (κ3) is 5.19. The largest absolute Gasteiger partial charge is 0.376 e. The van der Waals surface area contributed by atoms with Crippen molar-refractivity contribution in [3.05, 3.63) is 174 Å². The lowest BCUT2D eigenvalue weighted by atomic mass is 9.44. The van der Waals surface area contributed by atoms with E-state index in [0.29, 0.717) is 0 Å². The molecule has 318 valence electrons. The fraction of sp³-hybridized carbons (Fsp3) is 0.180. The lowest BCUT2D eigenvalue weighted by molar-refractivity contribution is 0.590. The molecule has 0 saturated carbocycles. The van der Waals surface area contributed by atoms with Gasteiger partial charge in [-0.15, -0.1) is 22.7 Å². The second-order valence-corrected chi connectivity index (χ2v) is 23.9. The van der Waals surface area contributed by atoms with Crippen molar-refractivity contribution in [3.63, 3.8) is 0 Å². The van der Waals surface area contributed by atoms with E-state index in [1.54, 1.807) is 0 Å². The van der Waals surface area contributed by atoms with Gasteiger partial charge in [-0.3, -0.25) is 0 Å². The monoisotopic (exact) mass is 884 g/mol. The molecule has 0 saturated heterocycles. The highest BCUT2D eigenvalue weighted by atomic mass is 32.1. The van der Waals surface area contributed by atoms with Crippen molar-refractivity contribution in [1.29, 1.82) is 0 Å². The van der Waals surface area contributed by atoms with E-state index in [1.165, 1.54) is 135 Å². The van der Waals surface area contributed by atoms with Crippen LogP contribution < -0.4 is 15.7 Å². The molecular weight excluding hydrogens is 836 g/mol. The molecule has 11 aromatic rings. The molecule has 1 aliphatic carbocycles. The van der Waals surface area contributed by atoms with Crippen LogP contribution in [0.25, 0.3) is 90.4 Å². The van der Waals surface area contributed by atoms with Crippen LogP contribution in [-0.4, -0.2) is 11.4 Å². The Morgan fingerprint density at radius 3 is 2.02 bits per heavy atom. The summed E-state index contributed by atoms with van der Waals surface area (Å²) < 4.78 is 6.68. The lowest BCUT2D eigenvalue weighted by Crippen LogP contribution is -2.60. The van der Waals surface area contributed by atoms with Crippen LogP contribution in [-0.2, 0) is 16.2 Å². The summed E-state index contributed by atoms with van der Waals surface area (Å²) in [5.74, 6) is 0. The summed E-state index contributed by atoms with van der Waals surface area (Å²) in [6.07, 6.45) is 0. The fourth-order valence-corrected chi connectivity index (χ4v) is 14.3. The van der Waals surface area contributed by atoms with E-state index in [1.807, 2.05) is 22.7 Å². The molecule has 5 heterocycles. The minimum Gasteiger partial charge on any atom is -0.376 e. The second kappa shape index (κ2) is 12.9. The molecule has 0 fully saturated rings. The number of aromatic nitrogens is 1. The summed E-state index contributed by atoms with van der Waals surface area (Å²) in [4.78, 5) is 4.02.